The van der Waals surface area contributed by atoms with Crippen LogP contribution in [0.4, 0.5) is 5.69 Å². The molecule has 0 saturated heterocycles. The van der Waals surface area contributed by atoms with Crippen molar-refractivity contribution in [2.45, 2.75) is 36.0 Å². The molecule has 2 amide bonds. The highest BCUT2D eigenvalue weighted by Gasteiger charge is 2.29. The number of fused-ring (bicyclic) bond motifs is 1. The highest BCUT2D eigenvalue weighted by Crippen LogP contribution is 2.36. The summed E-state index contributed by atoms with van der Waals surface area (Å²) < 4.78 is 0. The minimum absolute atomic E-state index is 0.116. The Bertz CT molecular complexity index is 796. The van der Waals surface area contributed by atoms with Gasteiger partial charge in [0.25, 0.3) is 0 Å². The van der Waals surface area contributed by atoms with Gasteiger partial charge in [-0.1, -0.05) is 42.8 Å². The van der Waals surface area contributed by atoms with Crippen molar-refractivity contribution in [2.24, 2.45) is 0 Å². The van der Waals surface area contributed by atoms with Crippen LogP contribution in [0.1, 0.15) is 31.4 Å². The van der Waals surface area contributed by atoms with E-state index in [1.54, 1.807) is 6.07 Å². The van der Waals surface area contributed by atoms with Gasteiger partial charge in [-0.15, -0.1) is 11.8 Å². The van der Waals surface area contributed by atoms with Crippen LogP contribution in [0.15, 0.2) is 53.4 Å². The molecule has 6 heteroatoms. The topological polar surface area (TPSA) is 58.2 Å². The summed E-state index contributed by atoms with van der Waals surface area (Å²) >= 11 is 7.47. The Morgan fingerprint density at radius 1 is 1.28 bits per heavy atom. The molecule has 4 nitrogen and oxygen atoms in total. The van der Waals surface area contributed by atoms with Gasteiger partial charge >= 0.3 is 0 Å². The van der Waals surface area contributed by atoms with Crippen molar-refractivity contribution in [3.05, 3.63) is 59.1 Å². The summed E-state index contributed by atoms with van der Waals surface area (Å²) in [6.45, 7) is 2.00. The number of anilines is 1. The monoisotopic (exact) mass is 374 g/mol. The largest absolute Gasteiger partial charge is 0.349 e. The summed E-state index contributed by atoms with van der Waals surface area (Å²) in [4.78, 5) is 25.7. The standard InChI is InChI=1S/C19H19ClN2O2S/c1-2-14(12-6-5-7-13(20)10-12)21-18(23)11-17-19(24)22-15-8-3-4-9-16(15)25-17/h3-10,14,17H,2,11H2,1H3,(H,21,23)(H,22,24). The number of benzene rings is 2. The van der Waals surface area contributed by atoms with Gasteiger partial charge in [-0.25, -0.2) is 0 Å². The van der Waals surface area contributed by atoms with Crippen LogP contribution in [0.25, 0.3) is 0 Å². The summed E-state index contributed by atoms with van der Waals surface area (Å²) in [5.41, 5.74) is 1.77. The number of hydrogen-bond donors (Lipinski definition) is 2. The van der Waals surface area contributed by atoms with Crippen LogP contribution in [-0.2, 0) is 9.59 Å². The van der Waals surface area contributed by atoms with Gasteiger partial charge in [-0.2, -0.15) is 0 Å². The molecule has 2 aromatic rings. The Kier molecular flexibility index (Phi) is 5.66. The number of para-hydroxylation sites is 1. The van der Waals surface area contributed by atoms with Gasteiger partial charge in [0.2, 0.25) is 11.8 Å². The highest BCUT2D eigenvalue weighted by atomic mass is 35.5. The predicted octanol–water partition coefficient (Wildman–Crippen LogP) is 4.41. The molecule has 0 saturated carbocycles. The Morgan fingerprint density at radius 2 is 2.08 bits per heavy atom. The zero-order valence-corrected chi connectivity index (χ0v) is 15.4. The Labute approximate surface area is 156 Å². The van der Waals surface area contributed by atoms with Crippen molar-refractivity contribution in [3.8, 4) is 0 Å². The molecule has 1 aliphatic rings. The number of hydrogen-bond acceptors (Lipinski definition) is 3. The van der Waals surface area contributed by atoms with Crippen LogP contribution >= 0.6 is 23.4 Å². The molecule has 0 fully saturated rings. The van der Waals surface area contributed by atoms with Crippen molar-refractivity contribution >= 4 is 40.9 Å². The lowest BCUT2D eigenvalue weighted by Crippen LogP contribution is -2.36. The molecule has 1 heterocycles. The molecular weight excluding hydrogens is 356 g/mol. The fourth-order valence-corrected chi connectivity index (χ4v) is 4.10. The lowest BCUT2D eigenvalue weighted by Gasteiger charge is -2.24. The molecular formula is C19H19ClN2O2S. The minimum Gasteiger partial charge on any atom is -0.349 e. The second-order valence-electron chi connectivity index (χ2n) is 5.88. The molecule has 1 aliphatic heterocycles. The number of carbonyl (C=O) groups excluding carboxylic acids is 2. The molecule has 0 bridgehead atoms. The maximum atomic E-state index is 12.5. The predicted molar refractivity (Wildman–Crippen MR) is 102 cm³/mol. The molecule has 0 aromatic heterocycles. The molecule has 2 unspecified atom stereocenters. The summed E-state index contributed by atoms with van der Waals surface area (Å²) in [5, 5.41) is 6.09. The molecule has 25 heavy (non-hydrogen) atoms. The third kappa shape index (κ3) is 4.35. The first-order valence-electron chi connectivity index (χ1n) is 8.18. The van der Waals surface area contributed by atoms with E-state index in [1.165, 1.54) is 11.8 Å². The summed E-state index contributed by atoms with van der Waals surface area (Å²) in [7, 11) is 0. The molecule has 0 aliphatic carbocycles. The Hall–Kier alpha value is -1.98. The van der Waals surface area contributed by atoms with Crippen molar-refractivity contribution in [2.75, 3.05) is 5.32 Å². The highest BCUT2D eigenvalue weighted by molar-refractivity contribution is 8.01. The van der Waals surface area contributed by atoms with Crippen LogP contribution in [-0.4, -0.2) is 17.1 Å². The first-order chi connectivity index (χ1) is 12.1. The number of carbonyl (C=O) groups is 2. The normalized spacial score (nSPS) is 17.4. The van der Waals surface area contributed by atoms with Crippen molar-refractivity contribution in [1.29, 1.82) is 0 Å². The van der Waals surface area contributed by atoms with E-state index in [0.717, 1.165) is 22.6 Å². The number of rotatable bonds is 5. The molecule has 0 radical (unpaired) electrons. The maximum Gasteiger partial charge on any atom is 0.238 e. The van der Waals surface area contributed by atoms with Crippen LogP contribution in [0.5, 0.6) is 0 Å². The smallest absolute Gasteiger partial charge is 0.238 e. The van der Waals surface area contributed by atoms with Crippen LogP contribution < -0.4 is 10.6 Å². The molecule has 2 atom stereocenters. The number of thioether (sulfide) groups is 1. The molecule has 0 spiro atoms. The van der Waals surface area contributed by atoms with Gasteiger partial charge in [-0.05, 0) is 36.2 Å². The fourth-order valence-electron chi connectivity index (χ4n) is 2.79. The fraction of sp³-hybridized carbons (Fsp3) is 0.263. The van der Waals surface area contributed by atoms with Gasteiger partial charge in [0.15, 0.2) is 0 Å². The van der Waals surface area contributed by atoms with Crippen LogP contribution in [0, 0.1) is 0 Å². The SMILES string of the molecule is CCC(NC(=O)CC1Sc2ccccc2NC1=O)c1cccc(Cl)c1. The summed E-state index contributed by atoms with van der Waals surface area (Å²) in [5.74, 6) is -0.270. The van der Waals surface area contributed by atoms with Gasteiger partial charge in [0.05, 0.1) is 17.0 Å². The lowest BCUT2D eigenvalue weighted by atomic mass is 10.0. The second kappa shape index (κ2) is 7.93. The van der Waals surface area contributed by atoms with Crippen molar-refractivity contribution in [1.82, 2.24) is 5.32 Å². The average Bonchev–Trinajstić information content (AvgIpc) is 2.60. The van der Waals surface area contributed by atoms with Crippen LogP contribution in [0.3, 0.4) is 0 Å². The quantitative estimate of drug-likeness (QED) is 0.814. The Balaban J connectivity index is 1.65. The van der Waals surface area contributed by atoms with Gasteiger partial charge < -0.3 is 10.6 Å². The van der Waals surface area contributed by atoms with Crippen molar-refractivity contribution < 1.29 is 9.59 Å². The third-order valence-corrected chi connectivity index (χ3v) is 5.58. The molecule has 2 N–H and O–H groups in total. The number of halogens is 1. The average molecular weight is 375 g/mol. The van der Waals surface area contributed by atoms with E-state index in [-0.39, 0.29) is 24.3 Å². The van der Waals surface area contributed by atoms with Gasteiger partial charge in [0.1, 0.15) is 0 Å². The minimum atomic E-state index is -0.424. The van der Waals surface area contributed by atoms with E-state index in [2.05, 4.69) is 10.6 Å². The summed E-state index contributed by atoms with van der Waals surface area (Å²) in [6, 6.07) is 15.0. The molecule has 3 rings (SSSR count). The number of amides is 2. The third-order valence-electron chi connectivity index (χ3n) is 4.07. The zero-order valence-electron chi connectivity index (χ0n) is 13.8. The second-order valence-corrected chi connectivity index (χ2v) is 7.56. The first kappa shape index (κ1) is 17.8. The Morgan fingerprint density at radius 3 is 2.84 bits per heavy atom. The lowest BCUT2D eigenvalue weighted by molar-refractivity contribution is -0.124. The van der Waals surface area contributed by atoms with E-state index >= 15 is 0 Å². The van der Waals surface area contributed by atoms with Crippen LogP contribution in [0.2, 0.25) is 5.02 Å². The van der Waals surface area contributed by atoms with E-state index in [9.17, 15) is 9.59 Å². The van der Waals surface area contributed by atoms with E-state index in [4.69, 9.17) is 11.6 Å². The van der Waals surface area contributed by atoms with E-state index < -0.39 is 5.25 Å². The van der Waals surface area contributed by atoms with Gasteiger partial charge in [0, 0.05) is 16.3 Å². The van der Waals surface area contributed by atoms with Gasteiger partial charge in [-0.3, -0.25) is 9.59 Å². The number of nitrogens with one attached hydrogen (secondary N) is 2. The first-order valence-corrected chi connectivity index (χ1v) is 9.44. The maximum absolute atomic E-state index is 12.5. The zero-order chi connectivity index (χ0) is 17.8. The van der Waals surface area contributed by atoms with E-state index in [0.29, 0.717) is 5.02 Å². The molecule has 2 aromatic carbocycles. The van der Waals surface area contributed by atoms with E-state index in [1.807, 2.05) is 49.4 Å². The molecule has 130 valence electrons. The summed E-state index contributed by atoms with van der Waals surface area (Å²) in [6.07, 6.45) is 0.890. The van der Waals surface area contributed by atoms with Crippen molar-refractivity contribution in [3.63, 3.8) is 0 Å².